The van der Waals surface area contributed by atoms with E-state index in [0.717, 1.165) is 17.3 Å². The van der Waals surface area contributed by atoms with Gasteiger partial charge in [0, 0.05) is 6.54 Å². The van der Waals surface area contributed by atoms with E-state index in [2.05, 4.69) is 20.3 Å². The van der Waals surface area contributed by atoms with E-state index in [9.17, 15) is 15.0 Å². The number of anilines is 1. The smallest absolute Gasteiger partial charge is 0.230 e. The molecule has 0 spiro atoms. The third kappa shape index (κ3) is 5.03. The van der Waals surface area contributed by atoms with Gasteiger partial charge in [-0.3, -0.25) is 9.36 Å². The van der Waals surface area contributed by atoms with Crippen LogP contribution in [0.1, 0.15) is 18.7 Å². The molecule has 3 heterocycles. The van der Waals surface area contributed by atoms with Crippen LogP contribution in [0.5, 0.6) is 0 Å². The second-order valence-corrected chi connectivity index (χ2v) is 9.30. The van der Waals surface area contributed by atoms with E-state index < -0.39 is 24.5 Å². The molecule has 4 atom stereocenters. The van der Waals surface area contributed by atoms with Crippen molar-refractivity contribution in [1.29, 1.82) is 0 Å². The second kappa shape index (κ2) is 10.00. The largest absolute Gasteiger partial charge is 0.388 e. The fraction of sp³-hybridized carbons (Fsp3) is 0.400. The first kappa shape index (κ1) is 24.0. The Labute approximate surface area is 203 Å². The monoisotopic (exact) mass is 512 g/mol. The molecular formula is C20H22Cl2N6O4S. The number of benzene rings is 1. The number of hydrogen-bond acceptors (Lipinski definition) is 9. The minimum Gasteiger partial charge on any atom is -0.388 e. The van der Waals surface area contributed by atoms with E-state index in [1.165, 1.54) is 6.33 Å². The lowest BCUT2D eigenvalue weighted by Crippen LogP contribution is -2.31. The third-order valence-electron chi connectivity index (χ3n) is 5.26. The van der Waals surface area contributed by atoms with Crippen molar-refractivity contribution in [3.8, 4) is 0 Å². The van der Waals surface area contributed by atoms with Crippen LogP contribution in [0, 0.1) is 0 Å². The number of carbonyl (C=O) groups is 1. The Hall–Kier alpha value is -2.15. The van der Waals surface area contributed by atoms with Crippen LogP contribution < -0.4 is 11.1 Å². The Balaban J connectivity index is 1.45. The molecule has 3 aromatic rings. The number of aliphatic hydroxyl groups is 2. The molecule has 0 aliphatic carbocycles. The number of hydrogen-bond donors (Lipinski definition) is 4. The number of aliphatic hydroxyl groups excluding tert-OH is 2. The summed E-state index contributed by atoms with van der Waals surface area (Å²) in [6, 6.07) is 5.33. The van der Waals surface area contributed by atoms with Crippen molar-refractivity contribution in [2.45, 2.75) is 43.0 Å². The van der Waals surface area contributed by atoms with Gasteiger partial charge in [0.1, 0.15) is 18.5 Å². The van der Waals surface area contributed by atoms with Crippen LogP contribution >= 0.6 is 35.0 Å². The van der Waals surface area contributed by atoms with Crippen molar-refractivity contribution in [3.05, 3.63) is 40.1 Å². The average Bonchev–Trinajstić information content (AvgIpc) is 3.28. The van der Waals surface area contributed by atoms with E-state index >= 15 is 0 Å². The predicted molar refractivity (Wildman–Crippen MR) is 125 cm³/mol. The molecule has 0 unspecified atom stereocenters. The van der Waals surface area contributed by atoms with Crippen LogP contribution in [-0.4, -0.2) is 66.2 Å². The number of nitrogens with two attached hydrogens (primary N) is 1. The van der Waals surface area contributed by atoms with Crippen molar-refractivity contribution in [2.24, 2.45) is 0 Å². The molecule has 176 valence electrons. The third-order valence-corrected chi connectivity index (χ3v) is 6.95. The number of nitrogens with zero attached hydrogens (tertiary/aromatic N) is 4. The maximum atomic E-state index is 12.4. The van der Waals surface area contributed by atoms with E-state index in [-0.39, 0.29) is 17.5 Å². The van der Waals surface area contributed by atoms with Crippen LogP contribution in [0.4, 0.5) is 5.82 Å². The average molecular weight is 513 g/mol. The summed E-state index contributed by atoms with van der Waals surface area (Å²) < 4.78 is 7.29. The number of carbonyl (C=O) groups excluding carboxylic acids is 1. The Kier molecular flexibility index (Phi) is 7.27. The number of aromatic nitrogens is 4. The number of rotatable bonds is 7. The van der Waals surface area contributed by atoms with Gasteiger partial charge in [-0.05, 0) is 31.0 Å². The fourth-order valence-corrected chi connectivity index (χ4v) is 4.67. The van der Waals surface area contributed by atoms with Crippen LogP contribution in [0.2, 0.25) is 10.0 Å². The molecule has 1 saturated heterocycles. The summed E-state index contributed by atoms with van der Waals surface area (Å²) in [5.41, 5.74) is 7.56. The molecule has 33 heavy (non-hydrogen) atoms. The molecule has 0 radical (unpaired) electrons. The minimum absolute atomic E-state index is 0.0545. The second-order valence-electron chi connectivity index (χ2n) is 7.55. The lowest BCUT2D eigenvalue weighted by Gasteiger charge is -2.19. The lowest BCUT2D eigenvalue weighted by molar-refractivity contribution is -0.118. The standard InChI is InChI=1S/C20H22Cl2N6O4S/c1-9-15(30)16(31)19(32-9)28-18-14(17(23)25-8-26-18)27-20(28)33-7-13(29)24-5-4-10-2-3-11(21)12(22)6-10/h2-3,6,8-9,15-16,19,30-31H,4-5,7H2,1H3,(H,24,29)(H2,23,25,26)/t9-,15-,16-,19-/m1/s1. The number of nitrogen functional groups attached to an aromatic ring is 1. The number of fused-ring (bicyclic) bond motifs is 1. The van der Waals surface area contributed by atoms with Gasteiger partial charge >= 0.3 is 0 Å². The van der Waals surface area contributed by atoms with Crippen LogP contribution in [0.25, 0.3) is 11.2 Å². The zero-order chi connectivity index (χ0) is 23.7. The highest BCUT2D eigenvalue weighted by Gasteiger charge is 2.43. The fourth-order valence-electron chi connectivity index (χ4n) is 3.50. The predicted octanol–water partition coefficient (Wildman–Crippen LogP) is 1.81. The lowest BCUT2D eigenvalue weighted by atomic mass is 10.1. The van der Waals surface area contributed by atoms with Gasteiger partial charge in [-0.2, -0.15) is 0 Å². The van der Waals surface area contributed by atoms with E-state index in [4.69, 9.17) is 33.7 Å². The van der Waals surface area contributed by atoms with Crippen LogP contribution in [-0.2, 0) is 16.0 Å². The van der Waals surface area contributed by atoms with E-state index in [0.29, 0.717) is 39.3 Å². The van der Waals surface area contributed by atoms with Gasteiger partial charge in [-0.1, -0.05) is 41.0 Å². The van der Waals surface area contributed by atoms with Crippen molar-refractivity contribution in [1.82, 2.24) is 24.8 Å². The van der Waals surface area contributed by atoms with Crippen molar-refractivity contribution < 1.29 is 19.7 Å². The quantitative estimate of drug-likeness (QED) is 0.347. The molecular weight excluding hydrogens is 491 g/mol. The summed E-state index contributed by atoms with van der Waals surface area (Å²) in [5.74, 6) is 0.00523. The van der Waals surface area contributed by atoms with Crippen LogP contribution in [0.3, 0.4) is 0 Å². The highest BCUT2D eigenvalue weighted by molar-refractivity contribution is 7.99. The molecule has 0 bridgehead atoms. The van der Waals surface area contributed by atoms with Gasteiger partial charge in [-0.25, -0.2) is 15.0 Å². The maximum absolute atomic E-state index is 12.4. The first-order valence-electron chi connectivity index (χ1n) is 10.1. The van der Waals surface area contributed by atoms with Gasteiger partial charge in [0.15, 0.2) is 28.4 Å². The number of thioether (sulfide) groups is 1. The molecule has 1 amide bonds. The molecule has 13 heteroatoms. The van der Waals surface area contributed by atoms with E-state index in [1.54, 1.807) is 23.6 Å². The summed E-state index contributed by atoms with van der Waals surface area (Å²) in [6.07, 6.45) is -1.93. The molecule has 1 aliphatic heterocycles. The molecule has 10 nitrogen and oxygen atoms in total. The SMILES string of the molecule is C[C@H]1O[C@@H](n2c(SCC(=O)NCCc3ccc(Cl)c(Cl)c3)nc3c(N)ncnc32)[C@H](O)[C@@H]1O. The Bertz CT molecular complexity index is 1180. The molecule has 2 aromatic heterocycles. The van der Waals surface area contributed by atoms with Crippen molar-refractivity contribution in [2.75, 3.05) is 18.0 Å². The Morgan fingerprint density at radius 1 is 1.27 bits per heavy atom. The number of ether oxygens (including phenoxy) is 1. The molecule has 1 fully saturated rings. The highest BCUT2D eigenvalue weighted by atomic mass is 35.5. The summed E-state index contributed by atoms with van der Waals surface area (Å²) in [4.78, 5) is 25.0. The Morgan fingerprint density at radius 2 is 2.06 bits per heavy atom. The van der Waals surface area contributed by atoms with Gasteiger partial charge in [0.2, 0.25) is 5.91 Å². The topological polar surface area (TPSA) is 148 Å². The summed E-state index contributed by atoms with van der Waals surface area (Å²) in [6.45, 7) is 2.07. The molecule has 5 N–H and O–H groups in total. The molecule has 0 saturated carbocycles. The van der Waals surface area contributed by atoms with Gasteiger partial charge in [0.05, 0.1) is 21.9 Å². The molecule has 1 aliphatic rings. The zero-order valence-corrected chi connectivity index (χ0v) is 19.8. The first-order chi connectivity index (χ1) is 15.8. The van der Waals surface area contributed by atoms with Crippen molar-refractivity contribution >= 4 is 57.9 Å². The van der Waals surface area contributed by atoms with Gasteiger partial charge in [0.25, 0.3) is 0 Å². The highest BCUT2D eigenvalue weighted by Crippen LogP contribution is 2.36. The minimum atomic E-state index is -1.20. The first-order valence-corrected chi connectivity index (χ1v) is 11.8. The van der Waals surface area contributed by atoms with Gasteiger partial charge < -0.3 is 26.0 Å². The summed E-state index contributed by atoms with van der Waals surface area (Å²) in [5, 5.41) is 24.8. The van der Waals surface area contributed by atoms with Gasteiger partial charge in [-0.15, -0.1) is 0 Å². The summed E-state index contributed by atoms with van der Waals surface area (Å²) in [7, 11) is 0. The van der Waals surface area contributed by atoms with Crippen LogP contribution in [0.15, 0.2) is 29.7 Å². The number of halogens is 2. The van der Waals surface area contributed by atoms with Crippen molar-refractivity contribution in [3.63, 3.8) is 0 Å². The summed E-state index contributed by atoms with van der Waals surface area (Å²) >= 11 is 13.1. The molecule has 1 aromatic carbocycles. The maximum Gasteiger partial charge on any atom is 0.230 e. The molecule has 4 rings (SSSR count). The van der Waals surface area contributed by atoms with E-state index in [1.807, 2.05) is 6.07 Å². The zero-order valence-electron chi connectivity index (χ0n) is 17.5. The Morgan fingerprint density at radius 3 is 2.76 bits per heavy atom. The number of imidazole rings is 1. The number of amides is 1. The normalized spacial score (nSPS) is 22.7. The number of nitrogens with one attached hydrogen (secondary N) is 1.